The van der Waals surface area contributed by atoms with Gasteiger partial charge >= 0.3 is 0 Å². The van der Waals surface area contributed by atoms with Crippen LogP contribution in [0.5, 0.6) is 5.75 Å². The molecule has 2 aromatic carbocycles. The molecule has 186 valence electrons. The number of rotatable bonds is 6. The molecular formula is C27H37FN2O4. The number of halogens is 1. The van der Waals surface area contributed by atoms with Gasteiger partial charge in [-0.25, -0.2) is 4.39 Å². The molecule has 0 bridgehead atoms. The van der Waals surface area contributed by atoms with Crippen LogP contribution in [0.15, 0.2) is 36.4 Å². The van der Waals surface area contributed by atoms with E-state index < -0.39 is 11.2 Å². The third-order valence-corrected chi connectivity index (χ3v) is 7.09. The Morgan fingerprint density at radius 3 is 2.53 bits per heavy atom. The SMILES string of the molecule is Cc1cc(C)c(C)c(OCC2(O)COCCN(CC3(O)CCN(c4cccc(F)c4)CC3)C2)c1. The second-order valence-corrected chi connectivity index (χ2v) is 10.2. The van der Waals surface area contributed by atoms with Crippen LogP contribution in [-0.2, 0) is 4.74 Å². The van der Waals surface area contributed by atoms with Crippen LogP contribution in [0.3, 0.4) is 0 Å². The second kappa shape index (κ2) is 10.2. The van der Waals surface area contributed by atoms with Gasteiger partial charge in [0, 0.05) is 38.4 Å². The molecule has 34 heavy (non-hydrogen) atoms. The Hall–Kier alpha value is -2.19. The van der Waals surface area contributed by atoms with Gasteiger partial charge in [-0.2, -0.15) is 0 Å². The quantitative estimate of drug-likeness (QED) is 0.673. The lowest BCUT2D eigenvalue weighted by Gasteiger charge is -2.42. The summed E-state index contributed by atoms with van der Waals surface area (Å²) in [7, 11) is 0. The predicted octanol–water partition coefficient (Wildman–Crippen LogP) is 3.22. The van der Waals surface area contributed by atoms with Crippen molar-refractivity contribution in [2.75, 3.05) is 57.4 Å². The van der Waals surface area contributed by atoms with Gasteiger partial charge in [0.25, 0.3) is 0 Å². The third-order valence-electron chi connectivity index (χ3n) is 7.09. The Bertz CT molecular complexity index is 993. The smallest absolute Gasteiger partial charge is 0.134 e. The highest BCUT2D eigenvalue weighted by atomic mass is 19.1. The molecule has 2 aromatic rings. The lowest BCUT2D eigenvalue weighted by Crippen LogP contribution is -2.55. The molecule has 4 rings (SSSR count). The van der Waals surface area contributed by atoms with E-state index in [0.29, 0.717) is 52.2 Å². The number of ether oxygens (including phenoxy) is 2. The molecule has 0 saturated carbocycles. The van der Waals surface area contributed by atoms with E-state index in [2.05, 4.69) is 22.8 Å². The van der Waals surface area contributed by atoms with Gasteiger partial charge in [-0.15, -0.1) is 0 Å². The van der Waals surface area contributed by atoms with E-state index >= 15 is 0 Å². The number of nitrogens with zero attached hydrogens (tertiary/aromatic N) is 2. The van der Waals surface area contributed by atoms with Crippen LogP contribution in [0.1, 0.15) is 29.5 Å². The summed E-state index contributed by atoms with van der Waals surface area (Å²) in [4.78, 5) is 4.20. The van der Waals surface area contributed by atoms with Crippen molar-refractivity contribution < 1.29 is 24.1 Å². The lowest BCUT2D eigenvalue weighted by molar-refractivity contribution is -0.0743. The number of piperidine rings is 1. The molecule has 6 nitrogen and oxygen atoms in total. The summed E-state index contributed by atoms with van der Waals surface area (Å²) in [6, 6.07) is 10.7. The van der Waals surface area contributed by atoms with Crippen LogP contribution in [0, 0.1) is 26.6 Å². The van der Waals surface area contributed by atoms with Crippen molar-refractivity contribution in [1.29, 1.82) is 0 Å². The predicted molar refractivity (Wildman–Crippen MR) is 131 cm³/mol. The molecule has 2 aliphatic heterocycles. The van der Waals surface area contributed by atoms with Gasteiger partial charge in [0.1, 0.15) is 23.8 Å². The summed E-state index contributed by atoms with van der Waals surface area (Å²) < 4.78 is 25.4. The minimum atomic E-state index is -1.17. The van der Waals surface area contributed by atoms with Gasteiger partial charge in [-0.3, -0.25) is 4.90 Å². The highest BCUT2D eigenvalue weighted by Crippen LogP contribution is 2.29. The number of hydrogen-bond donors (Lipinski definition) is 2. The summed E-state index contributed by atoms with van der Waals surface area (Å²) in [5, 5.41) is 22.6. The molecule has 0 aliphatic carbocycles. The maximum atomic E-state index is 13.6. The fraction of sp³-hybridized carbons (Fsp3) is 0.556. The molecule has 2 N–H and O–H groups in total. The highest BCUT2D eigenvalue weighted by molar-refractivity contribution is 5.47. The minimum absolute atomic E-state index is 0.124. The lowest BCUT2D eigenvalue weighted by atomic mass is 9.90. The Labute approximate surface area is 201 Å². The van der Waals surface area contributed by atoms with Crippen molar-refractivity contribution in [3.8, 4) is 5.75 Å². The number of hydrogen-bond acceptors (Lipinski definition) is 6. The maximum absolute atomic E-state index is 13.6. The molecule has 0 radical (unpaired) electrons. The molecule has 0 spiro atoms. The van der Waals surface area contributed by atoms with Gasteiger partial charge < -0.3 is 24.6 Å². The van der Waals surface area contributed by atoms with Gasteiger partial charge in [0.15, 0.2) is 0 Å². The topological polar surface area (TPSA) is 65.4 Å². The number of aryl methyl sites for hydroxylation is 2. The van der Waals surface area contributed by atoms with Crippen LogP contribution >= 0.6 is 0 Å². The first-order valence-electron chi connectivity index (χ1n) is 12.1. The van der Waals surface area contributed by atoms with Crippen molar-refractivity contribution in [2.24, 2.45) is 0 Å². The molecule has 1 atom stereocenters. The van der Waals surface area contributed by atoms with Crippen molar-refractivity contribution in [2.45, 2.75) is 44.8 Å². The summed E-state index contributed by atoms with van der Waals surface area (Å²) in [5.41, 5.74) is 2.17. The number of anilines is 1. The summed E-state index contributed by atoms with van der Waals surface area (Å²) in [6.45, 7) is 9.70. The molecule has 1 unspecified atom stereocenters. The third kappa shape index (κ3) is 6.08. The summed E-state index contributed by atoms with van der Waals surface area (Å²) in [5.74, 6) is 0.533. The van der Waals surface area contributed by atoms with E-state index in [1.165, 1.54) is 12.1 Å². The van der Waals surface area contributed by atoms with E-state index in [-0.39, 0.29) is 19.0 Å². The normalized spacial score (nSPS) is 23.5. The van der Waals surface area contributed by atoms with E-state index in [1.54, 1.807) is 6.07 Å². The molecule has 2 saturated heterocycles. The zero-order valence-corrected chi connectivity index (χ0v) is 20.5. The molecule has 0 amide bonds. The number of β-amino-alcohol motifs (C(OH)–C–C–N with tert-alkyl or cyclic N) is 2. The Balaban J connectivity index is 1.36. The largest absolute Gasteiger partial charge is 0.490 e. The summed E-state index contributed by atoms with van der Waals surface area (Å²) in [6.07, 6.45) is 1.16. The Morgan fingerprint density at radius 1 is 1.03 bits per heavy atom. The molecule has 7 heteroatoms. The van der Waals surface area contributed by atoms with Crippen LogP contribution in [-0.4, -0.2) is 78.9 Å². The van der Waals surface area contributed by atoms with Gasteiger partial charge in [-0.1, -0.05) is 12.1 Å². The molecule has 0 aromatic heterocycles. The maximum Gasteiger partial charge on any atom is 0.134 e. The molecule has 2 heterocycles. The van der Waals surface area contributed by atoms with Crippen LogP contribution in [0.4, 0.5) is 10.1 Å². The van der Waals surface area contributed by atoms with Crippen LogP contribution in [0.2, 0.25) is 0 Å². The van der Waals surface area contributed by atoms with Gasteiger partial charge in [0.2, 0.25) is 0 Å². The van der Waals surface area contributed by atoms with Crippen molar-refractivity contribution in [3.05, 3.63) is 58.9 Å². The monoisotopic (exact) mass is 472 g/mol. The first kappa shape index (κ1) is 24.9. The second-order valence-electron chi connectivity index (χ2n) is 10.2. The van der Waals surface area contributed by atoms with E-state index in [1.807, 2.05) is 26.0 Å². The number of benzene rings is 2. The fourth-order valence-electron chi connectivity index (χ4n) is 5.01. The first-order valence-corrected chi connectivity index (χ1v) is 12.1. The Morgan fingerprint density at radius 2 is 1.79 bits per heavy atom. The fourth-order valence-corrected chi connectivity index (χ4v) is 5.01. The first-order chi connectivity index (χ1) is 16.1. The number of aliphatic hydroxyl groups is 2. The zero-order valence-electron chi connectivity index (χ0n) is 20.5. The van der Waals surface area contributed by atoms with E-state index in [9.17, 15) is 14.6 Å². The Kier molecular flexibility index (Phi) is 7.48. The van der Waals surface area contributed by atoms with Crippen LogP contribution < -0.4 is 9.64 Å². The molecule has 2 aliphatic rings. The minimum Gasteiger partial charge on any atom is -0.490 e. The average Bonchev–Trinajstić information content (AvgIpc) is 2.96. The van der Waals surface area contributed by atoms with Crippen molar-refractivity contribution in [1.82, 2.24) is 4.90 Å². The zero-order chi connectivity index (χ0) is 24.3. The highest BCUT2D eigenvalue weighted by Gasteiger charge is 2.39. The van der Waals surface area contributed by atoms with Crippen LogP contribution in [0.25, 0.3) is 0 Å². The molecule has 2 fully saturated rings. The van der Waals surface area contributed by atoms with E-state index in [0.717, 1.165) is 28.1 Å². The molecular weight excluding hydrogens is 435 g/mol. The van der Waals surface area contributed by atoms with Crippen molar-refractivity contribution in [3.63, 3.8) is 0 Å². The standard InChI is InChI=1S/C27H37FN2O4/c1-20-13-21(2)22(3)25(14-20)34-19-27(32)17-29(11-12-33-18-27)16-26(31)7-9-30(10-8-26)24-6-4-5-23(28)15-24/h4-6,13-15,31-32H,7-12,16-19H2,1-3H3. The van der Waals surface area contributed by atoms with Gasteiger partial charge in [0.05, 0.1) is 18.8 Å². The van der Waals surface area contributed by atoms with Crippen molar-refractivity contribution >= 4 is 5.69 Å². The summed E-state index contributed by atoms with van der Waals surface area (Å²) >= 11 is 0. The van der Waals surface area contributed by atoms with E-state index in [4.69, 9.17) is 9.47 Å². The average molecular weight is 473 g/mol. The van der Waals surface area contributed by atoms with Gasteiger partial charge in [-0.05, 0) is 74.6 Å².